The maximum absolute atomic E-state index is 13.1. The maximum atomic E-state index is 13.1. The topological polar surface area (TPSA) is 162 Å². The van der Waals surface area contributed by atoms with Crippen molar-refractivity contribution in [3.63, 3.8) is 0 Å². The SMILES string of the molecule is CSCCC(N)C(=O)NC(Cc1ccccc1)C(=O)NC(CO)C(=O)N1CCCC1C(=O)O. The van der Waals surface area contributed by atoms with E-state index in [2.05, 4.69) is 10.6 Å². The van der Waals surface area contributed by atoms with Crippen LogP contribution in [0, 0.1) is 0 Å². The molecule has 10 nitrogen and oxygen atoms in total. The van der Waals surface area contributed by atoms with Crippen LogP contribution in [-0.2, 0) is 25.6 Å². The van der Waals surface area contributed by atoms with Gasteiger partial charge in [-0.15, -0.1) is 0 Å². The number of nitrogens with zero attached hydrogens (tertiary/aromatic N) is 1. The summed E-state index contributed by atoms with van der Waals surface area (Å²) < 4.78 is 0. The van der Waals surface area contributed by atoms with Gasteiger partial charge in [-0.1, -0.05) is 30.3 Å². The normalized spacial score (nSPS) is 18.3. The molecule has 0 aromatic heterocycles. The summed E-state index contributed by atoms with van der Waals surface area (Å²) in [5.74, 6) is -2.26. The van der Waals surface area contributed by atoms with Gasteiger partial charge < -0.3 is 31.5 Å². The summed E-state index contributed by atoms with van der Waals surface area (Å²) in [6.45, 7) is -0.469. The lowest BCUT2D eigenvalue weighted by molar-refractivity contribution is -0.150. The Morgan fingerprint density at radius 1 is 1.15 bits per heavy atom. The van der Waals surface area contributed by atoms with Crippen molar-refractivity contribution in [2.24, 2.45) is 5.73 Å². The molecule has 0 bridgehead atoms. The molecule has 0 radical (unpaired) electrons. The van der Waals surface area contributed by atoms with Gasteiger partial charge in [0.05, 0.1) is 12.6 Å². The summed E-state index contributed by atoms with van der Waals surface area (Å²) in [5.41, 5.74) is 6.72. The maximum Gasteiger partial charge on any atom is 0.326 e. The fourth-order valence-electron chi connectivity index (χ4n) is 3.66. The van der Waals surface area contributed by atoms with Crippen LogP contribution in [0.15, 0.2) is 30.3 Å². The van der Waals surface area contributed by atoms with Gasteiger partial charge in [-0.05, 0) is 36.8 Å². The first-order chi connectivity index (χ1) is 15.8. The lowest BCUT2D eigenvalue weighted by atomic mass is 10.0. The first-order valence-electron chi connectivity index (χ1n) is 10.8. The van der Waals surface area contributed by atoms with E-state index in [1.807, 2.05) is 12.3 Å². The number of benzene rings is 1. The molecule has 182 valence electrons. The second-order valence-corrected chi connectivity index (χ2v) is 8.90. The zero-order chi connectivity index (χ0) is 24.4. The fraction of sp³-hybridized carbons (Fsp3) is 0.545. The van der Waals surface area contributed by atoms with E-state index < -0.39 is 54.5 Å². The van der Waals surface area contributed by atoms with E-state index in [0.29, 0.717) is 25.0 Å². The van der Waals surface area contributed by atoms with Crippen molar-refractivity contribution >= 4 is 35.5 Å². The van der Waals surface area contributed by atoms with Crippen LogP contribution >= 0.6 is 11.8 Å². The van der Waals surface area contributed by atoms with Gasteiger partial charge in [-0.25, -0.2) is 4.79 Å². The molecule has 1 aromatic rings. The van der Waals surface area contributed by atoms with Gasteiger partial charge in [0, 0.05) is 13.0 Å². The predicted octanol–water partition coefficient (Wildman–Crippen LogP) is -0.653. The predicted molar refractivity (Wildman–Crippen MR) is 124 cm³/mol. The number of hydrogen-bond acceptors (Lipinski definition) is 7. The quantitative estimate of drug-likeness (QED) is 0.263. The third kappa shape index (κ3) is 7.72. The summed E-state index contributed by atoms with van der Waals surface area (Å²) in [6.07, 6.45) is 3.33. The Kier molecular flexibility index (Phi) is 10.6. The van der Waals surface area contributed by atoms with E-state index in [0.717, 1.165) is 10.5 Å². The number of nitrogens with two attached hydrogens (primary N) is 1. The number of likely N-dealkylation sites (tertiary alicyclic amines) is 1. The van der Waals surface area contributed by atoms with Crippen LogP contribution in [0.5, 0.6) is 0 Å². The van der Waals surface area contributed by atoms with Crippen LogP contribution in [0.2, 0.25) is 0 Å². The molecule has 4 unspecified atom stereocenters. The highest BCUT2D eigenvalue weighted by atomic mass is 32.2. The average molecular weight is 481 g/mol. The van der Waals surface area contributed by atoms with Crippen LogP contribution in [0.3, 0.4) is 0 Å². The molecule has 0 spiro atoms. The minimum Gasteiger partial charge on any atom is -0.480 e. The molecule has 33 heavy (non-hydrogen) atoms. The number of thioether (sulfide) groups is 1. The van der Waals surface area contributed by atoms with E-state index in [4.69, 9.17) is 5.73 Å². The van der Waals surface area contributed by atoms with Crippen molar-refractivity contribution in [1.82, 2.24) is 15.5 Å². The fourth-order valence-corrected chi connectivity index (χ4v) is 4.15. The van der Waals surface area contributed by atoms with Gasteiger partial charge >= 0.3 is 5.97 Å². The van der Waals surface area contributed by atoms with Gasteiger partial charge in [0.2, 0.25) is 17.7 Å². The van der Waals surface area contributed by atoms with E-state index in [1.165, 1.54) is 0 Å². The van der Waals surface area contributed by atoms with Crippen molar-refractivity contribution in [2.75, 3.05) is 25.2 Å². The Hall–Kier alpha value is -2.63. The molecule has 11 heteroatoms. The van der Waals surface area contributed by atoms with E-state index >= 15 is 0 Å². The van der Waals surface area contributed by atoms with Crippen LogP contribution in [0.1, 0.15) is 24.8 Å². The van der Waals surface area contributed by atoms with E-state index in [-0.39, 0.29) is 13.0 Å². The zero-order valence-corrected chi connectivity index (χ0v) is 19.4. The highest BCUT2D eigenvalue weighted by Gasteiger charge is 2.38. The van der Waals surface area contributed by atoms with Gasteiger partial charge in [-0.3, -0.25) is 14.4 Å². The number of amides is 3. The number of hydrogen-bond donors (Lipinski definition) is 5. The molecular weight excluding hydrogens is 448 g/mol. The van der Waals surface area contributed by atoms with E-state index in [1.54, 1.807) is 36.0 Å². The Balaban J connectivity index is 2.13. The van der Waals surface area contributed by atoms with Crippen molar-refractivity contribution < 1.29 is 29.4 Å². The molecule has 2 rings (SSSR count). The molecule has 1 fully saturated rings. The molecule has 1 aliphatic heterocycles. The summed E-state index contributed by atoms with van der Waals surface area (Å²) in [6, 6.07) is 4.90. The minimum atomic E-state index is -1.32. The van der Waals surface area contributed by atoms with Crippen LogP contribution in [0.25, 0.3) is 0 Å². The number of aliphatic hydroxyl groups is 1. The standard InChI is InChI=1S/C22H32N4O6S/c1-33-11-9-15(23)19(28)24-16(12-14-6-3-2-4-7-14)20(29)25-17(13-27)21(30)26-10-5-8-18(26)22(31)32/h2-4,6-7,15-18,27H,5,8-13,23H2,1H3,(H,24,28)(H,25,29)(H,31,32). The Morgan fingerprint density at radius 3 is 2.42 bits per heavy atom. The largest absolute Gasteiger partial charge is 0.480 e. The number of carbonyl (C=O) groups is 4. The first kappa shape index (κ1) is 26.6. The number of carbonyl (C=O) groups excluding carboxylic acids is 3. The van der Waals surface area contributed by atoms with E-state index in [9.17, 15) is 29.4 Å². The average Bonchev–Trinajstić information content (AvgIpc) is 3.31. The second kappa shape index (κ2) is 13.2. The molecule has 1 aromatic carbocycles. The lowest BCUT2D eigenvalue weighted by Crippen LogP contribution is -2.58. The van der Waals surface area contributed by atoms with Crippen molar-refractivity contribution in [3.8, 4) is 0 Å². The summed E-state index contributed by atoms with van der Waals surface area (Å²) in [7, 11) is 0. The van der Waals surface area contributed by atoms with Gasteiger partial charge in [-0.2, -0.15) is 11.8 Å². The van der Waals surface area contributed by atoms with Crippen LogP contribution in [-0.4, -0.2) is 88.1 Å². The number of nitrogens with one attached hydrogen (secondary N) is 2. The van der Waals surface area contributed by atoms with Crippen LogP contribution in [0.4, 0.5) is 0 Å². The number of carboxylic acids is 1. The highest BCUT2D eigenvalue weighted by molar-refractivity contribution is 7.98. The summed E-state index contributed by atoms with van der Waals surface area (Å²) in [4.78, 5) is 51.0. The Morgan fingerprint density at radius 2 is 1.82 bits per heavy atom. The van der Waals surface area contributed by atoms with Gasteiger partial charge in [0.1, 0.15) is 18.1 Å². The molecular formula is C22H32N4O6S. The van der Waals surface area contributed by atoms with Crippen molar-refractivity contribution in [2.45, 2.75) is 49.9 Å². The van der Waals surface area contributed by atoms with Gasteiger partial charge in [0.15, 0.2) is 0 Å². The molecule has 1 saturated heterocycles. The molecule has 0 aliphatic carbocycles. The third-order valence-electron chi connectivity index (χ3n) is 5.50. The first-order valence-corrected chi connectivity index (χ1v) is 12.2. The number of aliphatic carboxylic acids is 1. The minimum absolute atomic E-state index is 0.154. The molecule has 6 N–H and O–H groups in total. The van der Waals surface area contributed by atoms with Crippen molar-refractivity contribution in [3.05, 3.63) is 35.9 Å². The van der Waals surface area contributed by atoms with Crippen LogP contribution < -0.4 is 16.4 Å². The van der Waals surface area contributed by atoms with Crippen molar-refractivity contribution in [1.29, 1.82) is 0 Å². The van der Waals surface area contributed by atoms with Gasteiger partial charge in [0.25, 0.3) is 0 Å². The molecule has 0 saturated carbocycles. The summed E-state index contributed by atoms with van der Waals surface area (Å²) >= 11 is 1.55. The Bertz CT molecular complexity index is 824. The molecule has 4 atom stereocenters. The number of carboxylic acid groups (broad SMARTS) is 1. The lowest BCUT2D eigenvalue weighted by Gasteiger charge is -2.28. The molecule has 3 amide bonds. The number of aliphatic hydroxyl groups excluding tert-OH is 1. The Labute approximate surface area is 197 Å². The molecule has 1 aliphatic rings. The highest BCUT2D eigenvalue weighted by Crippen LogP contribution is 2.18. The second-order valence-electron chi connectivity index (χ2n) is 7.91. The third-order valence-corrected chi connectivity index (χ3v) is 6.15. The zero-order valence-electron chi connectivity index (χ0n) is 18.6. The molecule has 1 heterocycles. The summed E-state index contributed by atoms with van der Waals surface area (Å²) in [5, 5.41) is 24.2. The number of rotatable bonds is 12. The monoisotopic (exact) mass is 480 g/mol. The smallest absolute Gasteiger partial charge is 0.326 e.